The average molecular weight is 324 g/mol. The number of hydrogen-bond acceptors (Lipinski definition) is 3. The Hall–Kier alpha value is -3.02. The van der Waals surface area contributed by atoms with Gasteiger partial charge in [-0.3, -0.25) is 10.3 Å². The Balaban J connectivity index is 2.11. The Morgan fingerprint density at radius 3 is 2.75 bits per heavy atom. The molecule has 2 amide bonds. The van der Waals surface area contributed by atoms with Crippen LogP contribution in [-0.4, -0.2) is 22.5 Å². The van der Waals surface area contributed by atoms with Gasteiger partial charge in [-0.1, -0.05) is 6.07 Å². The van der Waals surface area contributed by atoms with Gasteiger partial charge in [-0.2, -0.15) is 0 Å². The number of carbonyl (C=O) groups is 1. The number of pyridine rings is 2. The first kappa shape index (κ1) is 15.9. The van der Waals surface area contributed by atoms with E-state index in [1.807, 2.05) is 19.9 Å². The van der Waals surface area contributed by atoms with Crippen molar-refractivity contribution in [1.29, 1.82) is 0 Å². The van der Waals surface area contributed by atoms with Gasteiger partial charge in [0.1, 0.15) is 11.6 Å². The maximum atomic E-state index is 15.0. The maximum Gasteiger partial charge on any atom is 0.320 e. The third-order valence-electron chi connectivity index (χ3n) is 3.68. The van der Waals surface area contributed by atoms with Gasteiger partial charge < -0.3 is 5.32 Å². The molecular weight excluding hydrogens is 307 g/mol. The van der Waals surface area contributed by atoms with Gasteiger partial charge in [-0.25, -0.2) is 14.2 Å². The van der Waals surface area contributed by atoms with E-state index in [0.29, 0.717) is 34.4 Å². The van der Waals surface area contributed by atoms with Gasteiger partial charge in [-0.15, -0.1) is 0 Å². The SMILES string of the molecule is CCNC(=O)Nc1cc2c(F)c(-c3ccccn3)cc(C)c2cn1. The Labute approximate surface area is 138 Å². The summed E-state index contributed by atoms with van der Waals surface area (Å²) in [5.74, 6) is -0.0828. The van der Waals surface area contributed by atoms with E-state index in [-0.39, 0.29) is 11.8 Å². The van der Waals surface area contributed by atoms with Crippen molar-refractivity contribution in [2.24, 2.45) is 0 Å². The number of fused-ring (bicyclic) bond motifs is 1. The second kappa shape index (κ2) is 6.62. The van der Waals surface area contributed by atoms with Crippen LogP contribution >= 0.6 is 0 Å². The molecule has 0 saturated heterocycles. The standard InChI is InChI=1S/C18H17FN4O/c1-3-20-18(24)23-16-9-12-14(10-22-16)11(2)8-13(17(12)19)15-6-4-5-7-21-15/h4-10H,3H2,1-2H3,(H2,20,22,23,24). The van der Waals surface area contributed by atoms with Crippen LogP contribution in [0.25, 0.3) is 22.0 Å². The van der Waals surface area contributed by atoms with Crippen molar-refractivity contribution in [3.8, 4) is 11.3 Å². The average Bonchev–Trinajstić information content (AvgIpc) is 2.59. The zero-order valence-electron chi connectivity index (χ0n) is 13.4. The number of carbonyl (C=O) groups excluding carboxylic acids is 1. The number of aromatic nitrogens is 2. The molecule has 2 aromatic heterocycles. The van der Waals surface area contributed by atoms with E-state index in [0.717, 1.165) is 5.56 Å². The fourth-order valence-electron chi connectivity index (χ4n) is 2.55. The first-order chi connectivity index (χ1) is 11.6. The summed E-state index contributed by atoms with van der Waals surface area (Å²) in [6.07, 6.45) is 3.19. The summed E-state index contributed by atoms with van der Waals surface area (Å²) < 4.78 is 15.0. The summed E-state index contributed by atoms with van der Waals surface area (Å²) >= 11 is 0. The minimum atomic E-state index is -0.379. The van der Waals surface area contributed by atoms with Crippen molar-refractivity contribution < 1.29 is 9.18 Å². The molecule has 0 aliphatic carbocycles. The van der Waals surface area contributed by atoms with Gasteiger partial charge >= 0.3 is 6.03 Å². The highest BCUT2D eigenvalue weighted by molar-refractivity contribution is 5.94. The van der Waals surface area contributed by atoms with Crippen molar-refractivity contribution >= 4 is 22.6 Å². The van der Waals surface area contributed by atoms with E-state index in [4.69, 9.17) is 0 Å². The van der Waals surface area contributed by atoms with Gasteiger partial charge in [0.2, 0.25) is 0 Å². The number of nitrogens with zero attached hydrogens (tertiary/aromatic N) is 2. The second-order valence-electron chi connectivity index (χ2n) is 5.37. The van der Waals surface area contributed by atoms with Crippen LogP contribution in [0.1, 0.15) is 12.5 Å². The Kier molecular flexibility index (Phi) is 4.37. The molecule has 0 aliphatic rings. The molecule has 122 valence electrons. The first-order valence-corrected chi connectivity index (χ1v) is 7.65. The smallest absolute Gasteiger partial charge is 0.320 e. The van der Waals surface area contributed by atoms with Gasteiger partial charge in [0.05, 0.1) is 5.69 Å². The van der Waals surface area contributed by atoms with Crippen LogP contribution in [0.3, 0.4) is 0 Å². The van der Waals surface area contributed by atoms with Crippen LogP contribution in [0.15, 0.2) is 42.7 Å². The summed E-state index contributed by atoms with van der Waals surface area (Å²) in [7, 11) is 0. The van der Waals surface area contributed by atoms with E-state index < -0.39 is 0 Å². The van der Waals surface area contributed by atoms with Crippen LogP contribution in [-0.2, 0) is 0 Å². The molecule has 0 saturated carbocycles. The Morgan fingerprint density at radius 2 is 2.04 bits per heavy atom. The number of nitrogens with one attached hydrogen (secondary N) is 2. The lowest BCUT2D eigenvalue weighted by molar-refractivity contribution is 0.252. The lowest BCUT2D eigenvalue weighted by atomic mass is 10.0. The summed E-state index contributed by atoms with van der Waals surface area (Å²) in [4.78, 5) is 20.0. The van der Waals surface area contributed by atoms with Gasteiger partial charge in [0, 0.05) is 35.3 Å². The zero-order chi connectivity index (χ0) is 17.1. The predicted molar refractivity (Wildman–Crippen MR) is 92.4 cm³/mol. The van der Waals surface area contributed by atoms with E-state index in [1.165, 1.54) is 0 Å². The third kappa shape index (κ3) is 3.03. The summed E-state index contributed by atoms with van der Waals surface area (Å²) in [5, 5.41) is 6.31. The van der Waals surface area contributed by atoms with E-state index in [1.54, 1.807) is 36.7 Å². The number of urea groups is 1. The van der Waals surface area contributed by atoms with Crippen molar-refractivity contribution in [3.05, 3.63) is 54.1 Å². The highest BCUT2D eigenvalue weighted by Gasteiger charge is 2.14. The molecule has 0 aliphatic heterocycles. The van der Waals surface area contributed by atoms with Crippen LogP contribution in [0.2, 0.25) is 0 Å². The molecular formula is C18H17FN4O. The number of amides is 2. The zero-order valence-corrected chi connectivity index (χ0v) is 13.4. The highest BCUT2D eigenvalue weighted by atomic mass is 19.1. The molecule has 3 aromatic rings. The van der Waals surface area contributed by atoms with Crippen LogP contribution in [0.5, 0.6) is 0 Å². The Morgan fingerprint density at radius 1 is 1.21 bits per heavy atom. The predicted octanol–water partition coefficient (Wildman–Crippen LogP) is 3.89. The van der Waals surface area contributed by atoms with E-state index in [9.17, 15) is 4.79 Å². The minimum Gasteiger partial charge on any atom is -0.338 e. The minimum absolute atomic E-state index is 0.296. The number of rotatable bonds is 3. The van der Waals surface area contributed by atoms with E-state index in [2.05, 4.69) is 20.6 Å². The van der Waals surface area contributed by atoms with Crippen molar-refractivity contribution in [2.75, 3.05) is 11.9 Å². The number of aryl methyl sites for hydroxylation is 1. The summed E-state index contributed by atoms with van der Waals surface area (Å²) in [5.41, 5.74) is 1.88. The largest absolute Gasteiger partial charge is 0.338 e. The van der Waals surface area contributed by atoms with E-state index >= 15 is 4.39 Å². The monoisotopic (exact) mass is 324 g/mol. The normalized spacial score (nSPS) is 10.6. The molecule has 0 spiro atoms. The van der Waals surface area contributed by atoms with Crippen LogP contribution in [0, 0.1) is 12.7 Å². The Bertz CT molecular complexity index is 896. The molecule has 24 heavy (non-hydrogen) atoms. The molecule has 2 heterocycles. The molecule has 3 rings (SSSR count). The molecule has 6 heteroatoms. The van der Waals surface area contributed by atoms with Gasteiger partial charge in [0.15, 0.2) is 0 Å². The fourth-order valence-corrected chi connectivity index (χ4v) is 2.55. The van der Waals surface area contributed by atoms with Crippen LogP contribution < -0.4 is 10.6 Å². The van der Waals surface area contributed by atoms with Crippen molar-refractivity contribution in [1.82, 2.24) is 15.3 Å². The highest BCUT2D eigenvalue weighted by Crippen LogP contribution is 2.31. The lowest BCUT2D eigenvalue weighted by Gasteiger charge is -2.11. The molecule has 2 N–H and O–H groups in total. The van der Waals surface area contributed by atoms with Gasteiger partial charge in [-0.05, 0) is 43.7 Å². The molecule has 0 fully saturated rings. The molecule has 5 nitrogen and oxygen atoms in total. The molecule has 1 aromatic carbocycles. The third-order valence-corrected chi connectivity index (χ3v) is 3.68. The quantitative estimate of drug-likeness (QED) is 0.768. The molecule has 0 unspecified atom stereocenters. The van der Waals surface area contributed by atoms with Crippen LogP contribution in [0.4, 0.5) is 15.0 Å². The fraction of sp³-hybridized carbons (Fsp3) is 0.167. The molecule has 0 bridgehead atoms. The molecule has 0 radical (unpaired) electrons. The van der Waals surface area contributed by atoms with Crippen molar-refractivity contribution in [2.45, 2.75) is 13.8 Å². The number of hydrogen-bond donors (Lipinski definition) is 2. The summed E-state index contributed by atoms with van der Waals surface area (Å²) in [6.45, 7) is 4.21. The molecule has 0 atom stereocenters. The number of anilines is 1. The number of halogens is 1. The number of benzene rings is 1. The van der Waals surface area contributed by atoms with Crippen molar-refractivity contribution in [3.63, 3.8) is 0 Å². The summed E-state index contributed by atoms with van der Waals surface area (Å²) in [6, 6.07) is 8.29. The second-order valence-corrected chi connectivity index (χ2v) is 5.37. The van der Waals surface area contributed by atoms with Gasteiger partial charge in [0.25, 0.3) is 0 Å². The first-order valence-electron chi connectivity index (χ1n) is 7.65. The maximum absolute atomic E-state index is 15.0. The lowest BCUT2D eigenvalue weighted by Crippen LogP contribution is -2.28. The topological polar surface area (TPSA) is 66.9 Å².